The van der Waals surface area contributed by atoms with E-state index in [1.54, 1.807) is 19.1 Å². The molecule has 0 fully saturated rings. The fourth-order valence-corrected chi connectivity index (χ4v) is 1.95. The third-order valence-corrected chi connectivity index (χ3v) is 2.86. The van der Waals surface area contributed by atoms with Crippen molar-refractivity contribution >= 4 is 0 Å². The monoisotopic (exact) mass is 266 g/mol. The molecule has 2 aromatic rings. The van der Waals surface area contributed by atoms with Gasteiger partial charge in [-0.25, -0.2) is 0 Å². The lowest BCUT2D eigenvalue weighted by Gasteiger charge is -2.13. The number of aryl methyl sites for hydroxylation is 2. The second-order valence-electron chi connectivity index (χ2n) is 4.34. The Balaban J connectivity index is 2.37. The van der Waals surface area contributed by atoms with Crippen LogP contribution < -0.4 is 4.74 Å². The summed E-state index contributed by atoms with van der Waals surface area (Å²) in [6, 6.07) is 12.4. The number of hydrogen-bond acceptors (Lipinski definition) is 1. The van der Waals surface area contributed by atoms with Gasteiger partial charge < -0.3 is 4.74 Å². The van der Waals surface area contributed by atoms with Gasteiger partial charge in [0.1, 0.15) is 5.75 Å². The van der Waals surface area contributed by atoms with Crippen LogP contribution in [0.25, 0.3) is 11.1 Å². The molecule has 0 spiro atoms. The number of benzene rings is 2. The molecule has 0 aliphatic heterocycles. The molecule has 4 heteroatoms. The minimum absolute atomic E-state index is 0.162. The molecule has 0 amide bonds. The van der Waals surface area contributed by atoms with Crippen molar-refractivity contribution in [1.29, 1.82) is 0 Å². The van der Waals surface area contributed by atoms with Crippen LogP contribution in [0, 0.1) is 13.8 Å². The van der Waals surface area contributed by atoms with Gasteiger partial charge in [-0.1, -0.05) is 30.3 Å². The van der Waals surface area contributed by atoms with Gasteiger partial charge >= 0.3 is 6.36 Å². The number of rotatable bonds is 2. The normalized spacial score (nSPS) is 11.4. The first-order valence-corrected chi connectivity index (χ1v) is 5.79. The zero-order chi connectivity index (χ0) is 14.0. The maximum atomic E-state index is 12.2. The van der Waals surface area contributed by atoms with Crippen LogP contribution in [0.2, 0.25) is 0 Å². The molecule has 0 radical (unpaired) electrons. The summed E-state index contributed by atoms with van der Waals surface area (Å²) in [5.74, 6) is -0.162. The summed E-state index contributed by atoms with van der Waals surface area (Å²) < 4.78 is 40.5. The van der Waals surface area contributed by atoms with Gasteiger partial charge in [-0.05, 0) is 48.2 Å². The summed E-state index contributed by atoms with van der Waals surface area (Å²) in [5.41, 5.74) is 3.42. The first-order chi connectivity index (χ1) is 8.87. The van der Waals surface area contributed by atoms with Gasteiger partial charge in [-0.3, -0.25) is 0 Å². The zero-order valence-electron chi connectivity index (χ0n) is 10.6. The van der Waals surface area contributed by atoms with Gasteiger partial charge in [0.25, 0.3) is 0 Å². The Kier molecular flexibility index (Phi) is 3.51. The molecule has 2 rings (SSSR count). The van der Waals surface area contributed by atoms with E-state index in [0.717, 1.165) is 16.7 Å². The fraction of sp³-hybridized carbons (Fsp3) is 0.200. The summed E-state index contributed by atoms with van der Waals surface area (Å²) in [5, 5.41) is 0. The van der Waals surface area contributed by atoms with Crippen molar-refractivity contribution in [1.82, 2.24) is 0 Å². The average molecular weight is 266 g/mol. The van der Waals surface area contributed by atoms with Gasteiger partial charge in [0.05, 0.1) is 0 Å². The SMILES string of the molecule is Cc1cc(-c2ccccc2C)ccc1OC(F)(F)F. The van der Waals surface area contributed by atoms with Crippen molar-refractivity contribution in [2.24, 2.45) is 0 Å². The Morgan fingerprint density at radius 2 is 1.58 bits per heavy atom. The number of halogens is 3. The standard InChI is InChI=1S/C15H13F3O/c1-10-5-3-4-6-13(10)12-7-8-14(11(2)9-12)19-15(16,17)18/h3-9H,1-2H3. The van der Waals surface area contributed by atoms with Crippen molar-refractivity contribution in [3.63, 3.8) is 0 Å². The van der Waals surface area contributed by atoms with Crippen LogP contribution in [-0.2, 0) is 0 Å². The van der Waals surface area contributed by atoms with Gasteiger partial charge in [0.15, 0.2) is 0 Å². The summed E-state index contributed by atoms with van der Waals surface area (Å²) in [6.45, 7) is 3.56. The Bertz CT molecular complexity index is 588. The maximum Gasteiger partial charge on any atom is 0.573 e. The summed E-state index contributed by atoms with van der Waals surface area (Å²) in [7, 11) is 0. The van der Waals surface area contributed by atoms with E-state index in [-0.39, 0.29) is 5.75 Å². The van der Waals surface area contributed by atoms with E-state index in [1.807, 2.05) is 31.2 Å². The molecule has 0 N–H and O–H groups in total. The van der Waals surface area contributed by atoms with Crippen LogP contribution in [-0.4, -0.2) is 6.36 Å². The predicted molar refractivity (Wildman–Crippen MR) is 68.0 cm³/mol. The van der Waals surface area contributed by atoms with Crippen molar-refractivity contribution < 1.29 is 17.9 Å². The molecule has 1 nitrogen and oxygen atoms in total. The average Bonchev–Trinajstić information content (AvgIpc) is 2.31. The maximum absolute atomic E-state index is 12.2. The second-order valence-corrected chi connectivity index (χ2v) is 4.34. The Hall–Kier alpha value is -1.97. The molecule has 0 aliphatic carbocycles. The second kappa shape index (κ2) is 4.96. The topological polar surface area (TPSA) is 9.23 Å². The van der Waals surface area contributed by atoms with E-state index in [1.165, 1.54) is 6.07 Å². The largest absolute Gasteiger partial charge is 0.573 e. The summed E-state index contributed by atoms with van der Waals surface area (Å²) >= 11 is 0. The van der Waals surface area contributed by atoms with Crippen molar-refractivity contribution in [2.45, 2.75) is 20.2 Å². The van der Waals surface area contributed by atoms with Crippen LogP contribution in [0.15, 0.2) is 42.5 Å². The van der Waals surface area contributed by atoms with Crippen molar-refractivity contribution in [3.05, 3.63) is 53.6 Å². The first kappa shape index (κ1) is 13.5. The van der Waals surface area contributed by atoms with Crippen molar-refractivity contribution in [3.8, 4) is 16.9 Å². The number of ether oxygens (including phenoxy) is 1. The van der Waals surface area contributed by atoms with Crippen LogP contribution in [0.1, 0.15) is 11.1 Å². The van der Waals surface area contributed by atoms with E-state index in [4.69, 9.17) is 0 Å². The van der Waals surface area contributed by atoms with Gasteiger partial charge in [-0.2, -0.15) is 0 Å². The third kappa shape index (κ3) is 3.28. The molecule has 0 unspecified atom stereocenters. The minimum Gasteiger partial charge on any atom is -0.406 e. The van der Waals surface area contributed by atoms with E-state index in [9.17, 15) is 13.2 Å². The molecule has 0 atom stereocenters. The summed E-state index contributed by atoms with van der Waals surface area (Å²) in [4.78, 5) is 0. The molecule has 100 valence electrons. The lowest BCUT2D eigenvalue weighted by molar-refractivity contribution is -0.274. The Labute approximate surface area is 109 Å². The molecule has 0 heterocycles. The van der Waals surface area contributed by atoms with Crippen molar-refractivity contribution in [2.75, 3.05) is 0 Å². The third-order valence-electron chi connectivity index (χ3n) is 2.86. The van der Waals surface area contributed by atoms with Crippen LogP contribution in [0.3, 0.4) is 0 Å². The molecule has 0 aliphatic rings. The summed E-state index contributed by atoms with van der Waals surface area (Å²) in [6.07, 6.45) is -4.66. The van der Waals surface area contributed by atoms with Crippen LogP contribution >= 0.6 is 0 Å². The number of hydrogen-bond donors (Lipinski definition) is 0. The zero-order valence-corrected chi connectivity index (χ0v) is 10.6. The van der Waals surface area contributed by atoms with Gasteiger partial charge in [0, 0.05) is 0 Å². The van der Waals surface area contributed by atoms with E-state index in [0.29, 0.717) is 5.56 Å². The van der Waals surface area contributed by atoms with E-state index < -0.39 is 6.36 Å². The van der Waals surface area contributed by atoms with E-state index in [2.05, 4.69) is 4.74 Å². The van der Waals surface area contributed by atoms with E-state index >= 15 is 0 Å². The Morgan fingerprint density at radius 3 is 2.16 bits per heavy atom. The van der Waals surface area contributed by atoms with Crippen LogP contribution in [0.4, 0.5) is 13.2 Å². The van der Waals surface area contributed by atoms with Gasteiger partial charge in [0.2, 0.25) is 0 Å². The number of alkyl halides is 3. The Morgan fingerprint density at radius 1 is 0.895 bits per heavy atom. The van der Waals surface area contributed by atoms with Crippen LogP contribution in [0.5, 0.6) is 5.75 Å². The molecule has 2 aromatic carbocycles. The first-order valence-electron chi connectivity index (χ1n) is 5.79. The minimum atomic E-state index is -4.66. The molecular weight excluding hydrogens is 253 g/mol. The highest BCUT2D eigenvalue weighted by molar-refractivity contribution is 5.68. The molecule has 0 saturated carbocycles. The molecular formula is C15H13F3O. The molecule has 19 heavy (non-hydrogen) atoms. The quantitative estimate of drug-likeness (QED) is 0.753. The lowest BCUT2D eigenvalue weighted by Crippen LogP contribution is -2.17. The smallest absolute Gasteiger partial charge is 0.406 e. The highest BCUT2D eigenvalue weighted by Gasteiger charge is 2.31. The highest BCUT2D eigenvalue weighted by atomic mass is 19.4. The predicted octanol–water partition coefficient (Wildman–Crippen LogP) is 4.87. The fourth-order valence-electron chi connectivity index (χ4n) is 1.95. The molecule has 0 bridgehead atoms. The van der Waals surface area contributed by atoms with Gasteiger partial charge in [-0.15, -0.1) is 13.2 Å². The lowest BCUT2D eigenvalue weighted by atomic mass is 9.99. The molecule has 0 aromatic heterocycles. The molecule has 0 saturated heterocycles. The highest BCUT2D eigenvalue weighted by Crippen LogP contribution is 2.31.